The first-order chi connectivity index (χ1) is 9.35. The zero-order chi connectivity index (χ0) is 14.8. The van der Waals surface area contributed by atoms with E-state index in [9.17, 15) is 16.8 Å². The van der Waals surface area contributed by atoms with E-state index in [0.29, 0.717) is 26.1 Å². The summed E-state index contributed by atoms with van der Waals surface area (Å²) in [7, 11) is -6.23. The number of nitrogens with zero attached hydrogens (tertiary/aromatic N) is 1. The van der Waals surface area contributed by atoms with Gasteiger partial charge in [0.15, 0.2) is 0 Å². The van der Waals surface area contributed by atoms with Crippen LogP contribution in [-0.4, -0.2) is 51.8 Å². The average Bonchev–Trinajstić information content (AvgIpc) is 3.21. The first-order valence-electron chi connectivity index (χ1n) is 7.31. The first-order valence-corrected chi connectivity index (χ1v) is 10.5. The van der Waals surface area contributed by atoms with Crippen molar-refractivity contribution in [1.82, 2.24) is 9.03 Å². The lowest BCUT2D eigenvalue weighted by atomic mass is 9.99. The van der Waals surface area contributed by atoms with Crippen LogP contribution in [0.5, 0.6) is 0 Å². The number of hydrogen-bond donors (Lipinski definition) is 1. The second-order valence-corrected chi connectivity index (χ2v) is 9.89. The fraction of sp³-hybridized carbons (Fsp3) is 1.00. The summed E-state index contributed by atoms with van der Waals surface area (Å²) >= 11 is 0. The lowest BCUT2D eigenvalue weighted by molar-refractivity contribution is 0.274. The van der Waals surface area contributed by atoms with Crippen molar-refractivity contribution >= 4 is 20.0 Å². The summed E-state index contributed by atoms with van der Waals surface area (Å²) in [4.78, 5) is 0. The fourth-order valence-corrected chi connectivity index (χ4v) is 5.57. The molecular formula is C12H24N2O4S2. The molecule has 0 amide bonds. The third-order valence-electron chi connectivity index (χ3n) is 3.94. The quantitative estimate of drug-likeness (QED) is 0.740. The molecule has 8 heteroatoms. The standard InChI is InChI=1S/C12H24N2O4S2/c1-2-9-19(15,16)13-10-11-5-7-14(8-6-11)20(17,18)12-3-4-12/h11-13H,2-10H2,1H3. The molecular weight excluding hydrogens is 300 g/mol. The monoisotopic (exact) mass is 324 g/mol. The van der Waals surface area contributed by atoms with E-state index in [-0.39, 0.29) is 16.9 Å². The normalized spacial score (nSPS) is 23.1. The minimum Gasteiger partial charge on any atom is -0.215 e. The van der Waals surface area contributed by atoms with E-state index in [1.165, 1.54) is 0 Å². The van der Waals surface area contributed by atoms with E-state index < -0.39 is 20.0 Å². The molecule has 0 spiro atoms. The van der Waals surface area contributed by atoms with E-state index in [0.717, 1.165) is 25.7 Å². The predicted octanol–water partition coefficient (Wildman–Crippen LogP) is 0.520. The molecule has 0 aromatic rings. The van der Waals surface area contributed by atoms with E-state index in [1.807, 2.05) is 6.92 Å². The van der Waals surface area contributed by atoms with E-state index in [2.05, 4.69) is 4.72 Å². The van der Waals surface area contributed by atoms with Gasteiger partial charge in [-0.3, -0.25) is 0 Å². The van der Waals surface area contributed by atoms with Crippen LogP contribution in [0.15, 0.2) is 0 Å². The summed E-state index contributed by atoms with van der Waals surface area (Å²) in [6.07, 6.45) is 3.66. The van der Waals surface area contributed by atoms with Gasteiger partial charge in [-0.1, -0.05) is 6.92 Å². The molecule has 2 aliphatic rings. The van der Waals surface area contributed by atoms with Crippen LogP contribution < -0.4 is 4.72 Å². The lowest BCUT2D eigenvalue weighted by Gasteiger charge is -2.31. The Morgan fingerprint density at radius 1 is 1.05 bits per heavy atom. The summed E-state index contributed by atoms with van der Waals surface area (Å²) in [6.45, 7) is 3.32. The molecule has 0 aromatic heterocycles. The van der Waals surface area contributed by atoms with Gasteiger partial charge in [0.25, 0.3) is 0 Å². The van der Waals surface area contributed by atoms with E-state index >= 15 is 0 Å². The van der Waals surface area contributed by atoms with Crippen molar-refractivity contribution in [3.63, 3.8) is 0 Å². The molecule has 0 atom stereocenters. The van der Waals surface area contributed by atoms with E-state index in [1.54, 1.807) is 4.31 Å². The van der Waals surface area contributed by atoms with Crippen LogP contribution in [0.2, 0.25) is 0 Å². The van der Waals surface area contributed by atoms with Gasteiger partial charge < -0.3 is 0 Å². The Labute approximate surface area is 122 Å². The van der Waals surface area contributed by atoms with Gasteiger partial charge in [-0.2, -0.15) is 0 Å². The van der Waals surface area contributed by atoms with Crippen molar-refractivity contribution in [1.29, 1.82) is 0 Å². The minimum atomic E-state index is -3.16. The van der Waals surface area contributed by atoms with Gasteiger partial charge in [-0.15, -0.1) is 0 Å². The Balaban J connectivity index is 1.77. The number of sulfonamides is 2. The molecule has 1 heterocycles. The van der Waals surface area contributed by atoms with E-state index in [4.69, 9.17) is 0 Å². The molecule has 1 aliphatic carbocycles. The summed E-state index contributed by atoms with van der Waals surface area (Å²) < 4.78 is 51.5. The van der Waals surface area contributed by atoms with Crippen LogP contribution >= 0.6 is 0 Å². The molecule has 1 aliphatic heterocycles. The van der Waals surface area contributed by atoms with Crippen molar-refractivity contribution in [3.05, 3.63) is 0 Å². The number of piperidine rings is 1. The number of rotatable bonds is 7. The molecule has 0 aromatic carbocycles. The van der Waals surface area contributed by atoms with Crippen LogP contribution in [-0.2, 0) is 20.0 Å². The first kappa shape index (κ1) is 16.2. The Morgan fingerprint density at radius 2 is 1.65 bits per heavy atom. The summed E-state index contributed by atoms with van der Waals surface area (Å²) in [5.74, 6) is 0.398. The SMILES string of the molecule is CCCS(=O)(=O)NCC1CCN(S(=O)(=O)C2CC2)CC1. The van der Waals surface area contributed by atoms with Gasteiger partial charge >= 0.3 is 0 Å². The number of hydrogen-bond acceptors (Lipinski definition) is 4. The molecule has 1 N–H and O–H groups in total. The van der Waals surface area contributed by atoms with Gasteiger partial charge in [0, 0.05) is 19.6 Å². The van der Waals surface area contributed by atoms with Crippen LogP contribution in [0.4, 0.5) is 0 Å². The highest BCUT2D eigenvalue weighted by Gasteiger charge is 2.41. The predicted molar refractivity (Wildman–Crippen MR) is 78.3 cm³/mol. The van der Waals surface area contributed by atoms with Crippen molar-refractivity contribution in [3.8, 4) is 0 Å². The Bertz CT molecular complexity index is 518. The molecule has 118 valence electrons. The molecule has 0 bridgehead atoms. The van der Waals surface area contributed by atoms with Gasteiger partial charge in [-0.05, 0) is 38.0 Å². The third-order valence-corrected chi connectivity index (χ3v) is 7.89. The highest BCUT2D eigenvalue weighted by Crippen LogP contribution is 2.33. The van der Waals surface area contributed by atoms with Crippen molar-refractivity contribution in [2.45, 2.75) is 44.3 Å². The maximum Gasteiger partial charge on any atom is 0.216 e. The zero-order valence-electron chi connectivity index (χ0n) is 11.9. The topological polar surface area (TPSA) is 83.6 Å². The Kier molecular flexibility index (Phi) is 5.09. The molecule has 2 rings (SSSR count). The molecule has 0 radical (unpaired) electrons. The lowest BCUT2D eigenvalue weighted by Crippen LogP contribution is -2.42. The number of nitrogens with one attached hydrogen (secondary N) is 1. The fourth-order valence-electron chi connectivity index (χ4n) is 2.53. The van der Waals surface area contributed by atoms with Crippen LogP contribution in [0.25, 0.3) is 0 Å². The van der Waals surface area contributed by atoms with Crippen LogP contribution in [0, 0.1) is 5.92 Å². The Morgan fingerprint density at radius 3 is 2.15 bits per heavy atom. The maximum atomic E-state index is 12.1. The van der Waals surface area contributed by atoms with Crippen LogP contribution in [0.3, 0.4) is 0 Å². The maximum absolute atomic E-state index is 12.1. The second kappa shape index (κ2) is 6.29. The highest BCUT2D eigenvalue weighted by atomic mass is 32.2. The minimum absolute atomic E-state index is 0.151. The molecule has 2 fully saturated rings. The molecule has 1 saturated carbocycles. The van der Waals surface area contributed by atoms with Crippen molar-refractivity contribution in [2.75, 3.05) is 25.4 Å². The summed E-state index contributed by atoms with van der Waals surface area (Å²) in [6, 6.07) is 0. The van der Waals surface area contributed by atoms with Gasteiger partial charge in [0.05, 0.1) is 11.0 Å². The molecule has 6 nitrogen and oxygen atoms in total. The van der Waals surface area contributed by atoms with Gasteiger partial charge in [0.1, 0.15) is 0 Å². The largest absolute Gasteiger partial charge is 0.216 e. The van der Waals surface area contributed by atoms with Crippen molar-refractivity contribution < 1.29 is 16.8 Å². The average molecular weight is 324 g/mol. The van der Waals surface area contributed by atoms with Gasteiger partial charge in [0.2, 0.25) is 20.0 Å². The Hall–Kier alpha value is -0.180. The molecule has 0 unspecified atom stereocenters. The smallest absolute Gasteiger partial charge is 0.215 e. The van der Waals surface area contributed by atoms with Crippen LogP contribution in [0.1, 0.15) is 39.0 Å². The zero-order valence-corrected chi connectivity index (χ0v) is 13.5. The summed E-state index contributed by atoms with van der Waals surface area (Å²) in [5, 5.41) is -0.151. The third kappa shape index (κ3) is 4.16. The summed E-state index contributed by atoms with van der Waals surface area (Å²) in [5.41, 5.74) is 0. The van der Waals surface area contributed by atoms with Gasteiger partial charge in [-0.25, -0.2) is 25.9 Å². The molecule has 20 heavy (non-hydrogen) atoms. The van der Waals surface area contributed by atoms with Crippen molar-refractivity contribution in [2.24, 2.45) is 5.92 Å². The second-order valence-electron chi connectivity index (χ2n) is 5.75. The molecule has 1 saturated heterocycles. The highest BCUT2D eigenvalue weighted by molar-refractivity contribution is 7.90.